The molecule has 2 aromatic rings. The summed E-state index contributed by atoms with van der Waals surface area (Å²) in [6.45, 7) is 5.02. The van der Waals surface area contributed by atoms with Crippen molar-refractivity contribution in [1.82, 2.24) is 9.78 Å². The third-order valence-electron chi connectivity index (χ3n) is 3.48. The largest absolute Gasteiger partial charge is 0.469 e. The van der Waals surface area contributed by atoms with E-state index >= 15 is 0 Å². The maximum absolute atomic E-state index is 9.08. The van der Waals surface area contributed by atoms with Crippen LogP contribution in [-0.2, 0) is 18.4 Å². The topological polar surface area (TPSA) is 51.2 Å². The van der Waals surface area contributed by atoms with Crippen LogP contribution in [0.3, 0.4) is 0 Å². The van der Waals surface area contributed by atoms with E-state index in [2.05, 4.69) is 18.9 Å². The molecule has 3 rings (SSSR count). The number of aliphatic hydroxyl groups is 1. The Kier molecular flexibility index (Phi) is 2.16. The van der Waals surface area contributed by atoms with Gasteiger partial charge in [-0.15, -0.1) is 0 Å². The molecule has 0 fully saturated rings. The first kappa shape index (κ1) is 10.6. The maximum atomic E-state index is 9.08. The molecule has 1 aliphatic rings. The van der Waals surface area contributed by atoms with Crippen molar-refractivity contribution in [3.63, 3.8) is 0 Å². The van der Waals surface area contributed by atoms with Crippen LogP contribution in [-0.4, -0.2) is 21.5 Å². The summed E-state index contributed by atoms with van der Waals surface area (Å²) in [6, 6.07) is 1.99. The molecule has 0 aromatic carbocycles. The number of furan rings is 1. The molecule has 17 heavy (non-hydrogen) atoms. The number of aliphatic hydroxyl groups excluding tert-OH is 1. The van der Waals surface area contributed by atoms with E-state index in [1.165, 1.54) is 5.56 Å². The number of rotatable bonds is 2. The normalized spacial score (nSPS) is 16.6. The lowest BCUT2D eigenvalue weighted by atomic mass is 9.75. The fourth-order valence-corrected chi connectivity index (χ4v) is 2.61. The standard InChI is InChI=1S/C13H16N2O2/c1-13(2)7-11-9(3-6-17-11)12-10(13)8-14-15(12)4-5-16/h3,6,8,16H,4-5,7H2,1-2H3. The second-order valence-corrected chi connectivity index (χ2v) is 5.17. The minimum atomic E-state index is 0.0356. The summed E-state index contributed by atoms with van der Waals surface area (Å²) in [7, 11) is 0. The number of hydrogen-bond donors (Lipinski definition) is 1. The molecule has 0 saturated heterocycles. The lowest BCUT2D eigenvalue weighted by molar-refractivity contribution is 0.270. The van der Waals surface area contributed by atoms with Crippen molar-refractivity contribution in [2.75, 3.05) is 6.61 Å². The van der Waals surface area contributed by atoms with Gasteiger partial charge in [0, 0.05) is 23.0 Å². The lowest BCUT2D eigenvalue weighted by Crippen LogP contribution is -2.25. The molecule has 0 unspecified atom stereocenters. The lowest BCUT2D eigenvalue weighted by Gasteiger charge is -2.29. The number of nitrogens with zero attached hydrogens (tertiary/aromatic N) is 2. The van der Waals surface area contributed by atoms with Crippen LogP contribution < -0.4 is 0 Å². The van der Waals surface area contributed by atoms with Gasteiger partial charge in [0.1, 0.15) is 5.76 Å². The molecule has 0 bridgehead atoms. The predicted octanol–water partition coefficient (Wildman–Crippen LogP) is 1.97. The zero-order chi connectivity index (χ0) is 12.0. The van der Waals surface area contributed by atoms with Crippen molar-refractivity contribution in [3.8, 4) is 11.3 Å². The summed E-state index contributed by atoms with van der Waals surface area (Å²) in [6.07, 6.45) is 4.54. The highest BCUT2D eigenvalue weighted by Gasteiger charge is 2.35. The van der Waals surface area contributed by atoms with Crippen LogP contribution in [0.1, 0.15) is 25.2 Å². The first-order valence-corrected chi connectivity index (χ1v) is 5.87. The van der Waals surface area contributed by atoms with Gasteiger partial charge in [-0.25, -0.2) is 0 Å². The summed E-state index contributed by atoms with van der Waals surface area (Å²) in [5.41, 5.74) is 3.48. The summed E-state index contributed by atoms with van der Waals surface area (Å²) < 4.78 is 7.41. The van der Waals surface area contributed by atoms with Gasteiger partial charge in [0.05, 0.1) is 31.3 Å². The molecule has 0 radical (unpaired) electrons. The average molecular weight is 232 g/mol. The Bertz CT molecular complexity index is 552. The van der Waals surface area contributed by atoms with Gasteiger partial charge in [0.2, 0.25) is 0 Å². The highest BCUT2D eigenvalue weighted by atomic mass is 16.3. The molecular weight excluding hydrogens is 216 g/mol. The van der Waals surface area contributed by atoms with Crippen LogP contribution in [0.5, 0.6) is 0 Å². The van der Waals surface area contributed by atoms with E-state index in [1.807, 2.05) is 16.9 Å². The Labute approximate surface area is 99.9 Å². The fourth-order valence-electron chi connectivity index (χ4n) is 2.61. The minimum absolute atomic E-state index is 0.0356. The summed E-state index contributed by atoms with van der Waals surface area (Å²) in [4.78, 5) is 0. The molecule has 2 aromatic heterocycles. The van der Waals surface area contributed by atoms with E-state index < -0.39 is 0 Å². The molecule has 4 heteroatoms. The monoisotopic (exact) mass is 232 g/mol. The Morgan fingerprint density at radius 1 is 1.53 bits per heavy atom. The van der Waals surface area contributed by atoms with Gasteiger partial charge in [-0.3, -0.25) is 4.68 Å². The SMILES string of the molecule is CC1(C)Cc2occc2-c2c1cnn2CCO. The van der Waals surface area contributed by atoms with Crippen LogP contribution >= 0.6 is 0 Å². The van der Waals surface area contributed by atoms with Crippen LogP contribution in [0.15, 0.2) is 22.9 Å². The van der Waals surface area contributed by atoms with Gasteiger partial charge in [0.25, 0.3) is 0 Å². The molecule has 0 aliphatic heterocycles. The van der Waals surface area contributed by atoms with Crippen molar-refractivity contribution in [3.05, 3.63) is 29.9 Å². The van der Waals surface area contributed by atoms with Crippen LogP contribution in [0.2, 0.25) is 0 Å². The molecule has 0 atom stereocenters. The van der Waals surface area contributed by atoms with Gasteiger partial charge in [-0.2, -0.15) is 5.10 Å². The molecule has 2 heterocycles. The van der Waals surface area contributed by atoms with E-state index in [-0.39, 0.29) is 12.0 Å². The highest BCUT2D eigenvalue weighted by molar-refractivity contribution is 5.70. The van der Waals surface area contributed by atoms with Crippen molar-refractivity contribution in [2.24, 2.45) is 0 Å². The van der Waals surface area contributed by atoms with Crippen LogP contribution in [0, 0.1) is 0 Å². The highest BCUT2D eigenvalue weighted by Crippen LogP contribution is 2.43. The molecular formula is C13H16N2O2. The first-order chi connectivity index (χ1) is 8.13. The Morgan fingerprint density at radius 2 is 2.35 bits per heavy atom. The molecule has 1 N–H and O–H groups in total. The number of fused-ring (bicyclic) bond motifs is 3. The number of hydrogen-bond acceptors (Lipinski definition) is 3. The van der Waals surface area contributed by atoms with E-state index in [0.29, 0.717) is 6.54 Å². The zero-order valence-electron chi connectivity index (χ0n) is 10.1. The van der Waals surface area contributed by atoms with Crippen LogP contribution in [0.25, 0.3) is 11.3 Å². The fraction of sp³-hybridized carbons (Fsp3) is 0.462. The van der Waals surface area contributed by atoms with Crippen molar-refractivity contribution < 1.29 is 9.52 Å². The molecule has 1 aliphatic carbocycles. The summed E-state index contributed by atoms with van der Waals surface area (Å²) in [5.74, 6) is 1.02. The van der Waals surface area contributed by atoms with Crippen molar-refractivity contribution in [1.29, 1.82) is 0 Å². The minimum Gasteiger partial charge on any atom is -0.469 e. The maximum Gasteiger partial charge on any atom is 0.114 e. The Hall–Kier alpha value is -1.55. The van der Waals surface area contributed by atoms with Gasteiger partial charge >= 0.3 is 0 Å². The second kappa shape index (κ2) is 3.47. The average Bonchev–Trinajstić information content (AvgIpc) is 2.84. The second-order valence-electron chi connectivity index (χ2n) is 5.17. The quantitative estimate of drug-likeness (QED) is 0.861. The molecule has 90 valence electrons. The zero-order valence-corrected chi connectivity index (χ0v) is 10.1. The van der Waals surface area contributed by atoms with E-state index in [0.717, 1.165) is 23.4 Å². The summed E-state index contributed by atoms with van der Waals surface area (Å²) in [5, 5.41) is 13.5. The third kappa shape index (κ3) is 1.44. The smallest absolute Gasteiger partial charge is 0.114 e. The van der Waals surface area contributed by atoms with E-state index in [9.17, 15) is 0 Å². The first-order valence-electron chi connectivity index (χ1n) is 5.87. The Morgan fingerprint density at radius 3 is 3.12 bits per heavy atom. The third-order valence-corrected chi connectivity index (χ3v) is 3.48. The molecule has 0 amide bonds. The molecule has 4 nitrogen and oxygen atoms in total. The molecule has 0 saturated carbocycles. The predicted molar refractivity (Wildman–Crippen MR) is 63.7 cm³/mol. The Balaban J connectivity index is 2.23. The van der Waals surface area contributed by atoms with Crippen molar-refractivity contribution in [2.45, 2.75) is 32.2 Å². The molecule has 0 spiro atoms. The van der Waals surface area contributed by atoms with Crippen LogP contribution in [0.4, 0.5) is 0 Å². The van der Waals surface area contributed by atoms with E-state index in [1.54, 1.807) is 6.26 Å². The van der Waals surface area contributed by atoms with Gasteiger partial charge in [-0.05, 0) is 6.07 Å². The summed E-state index contributed by atoms with van der Waals surface area (Å²) >= 11 is 0. The van der Waals surface area contributed by atoms with Crippen molar-refractivity contribution >= 4 is 0 Å². The number of aromatic nitrogens is 2. The van der Waals surface area contributed by atoms with E-state index in [4.69, 9.17) is 9.52 Å². The van der Waals surface area contributed by atoms with Gasteiger partial charge < -0.3 is 9.52 Å². The van der Waals surface area contributed by atoms with Gasteiger partial charge in [-0.1, -0.05) is 13.8 Å². The van der Waals surface area contributed by atoms with Gasteiger partial charge in [0.15, 0.2) is 0 Å².